The van der Waals surface area contributed by atoms with E-state index in [0.29, 0.717) is 17.8 Å². The Kier molecular flexibility index (Phi) is 2.70. The van der Waals surface area contributed by atoms with Crippen molar-refractivity contribution >= 4 is 5.97 Å². The number of carbonyl (C=O) groups excluding carboxylic acids is 1. The molecule has 4 rings (SSSR count). The van der Waals surface area contributed by atoms with E-state index in [1.54, 1.807) is 0 Å². The molecular formula is C15H19F2O3-. The lowest BCUT2D eigenvalue weighted by Gasteiger charge is -2.38. The predicted molar refractivity (Wildman–Crippen MR) is 63.4 cm³/mol. The van der Waals surface area contributed by atoms with E-state index in [-0.39, 0.29) is 12.5 Å². The Hall–Kier alpha value is -0.710. The van der Waals surface area contributed by atoms with Gasteiger partial charge in [0.15, 0.2) is 0 Å². The highest BCUT2D eigenvalue weighted by atomic mass is 19.3. The molecule has 4 bridgehead atoms. The van der Waals surface area contributed by atoms with Crippen LogP contribution in [-0.2, 0) is 9.53 Å². The SMILES string of the molecule is O=C([O-])C(F)(F)OCC1CC2CC1C1C3CCC(C3)C21. The van der Waals surface area contributed by atoms with Gasteiger partial charge in [-0.3, -0.25) is 0 Å². The quantitative estimate of drug-likeness (QED) is 0.738. The number of carboxylic acids is 1. The van der Waals surface area contributed by atoms with Crippen LogP contribution >= 0.6 is 0 Å². The van der Waals surface area contributed by atoms with Gasteiger partial charge in [-0.25, -0.2) is 0 Å². The van der Waals surface area contributed by atoms with Gasteiger partial charge in [0.2, 0.25) is 0 Å². The van der Waals surface area contributed by atoms with E-state index in [1.807, 2.05) is 0 Å². The maximum atomic E-state index is 13.0. The minimum atomic E-state index is -4.14. The average molecular weight is 285 g/mol. The number of aliphatic carboxylic acids is 1. The monoisotopic (exact) mass is 285 g/mol. The molecule has 3 nitrogen and oxygen atoms in total. The van der Waals surface area contributed by atoms with Crippen molar-refractivity contribution in [1.29, 1.82) is 0 Å². The van der Waals surface area contributed by atoms with Gasteiger partial charge >= 0.3 is 6.11 Å². The molecule has 0 spiro atoms. The van der Waals surface area contributed by atoms with Crippen molar-refractivity contribution in [2.75, 3.05) is 6.61 Å². The number of hydrogen-bond acceptors (Lipinski definition) is 3. The standard InChI is InChI=1S/C15H20F2O3/c16-15(17,14(18)19)20-6-10-4-9-5-11(10)13-8-2-1-7(3-8)12(9)13/h7-13H,1-6H2,(H,18,19)/p-1. The van der Waals surface area contributed by atoms with Crippen molar-refractivity contribution in [2.24, 2.45) is 41.4 Å². The Morgan fingerprint density at radius 3 is 2.50 bits per heavy atom. The summed E-state index contributed by atoms with van der Waals surface area (Å²) in [7, 11) is 0. The Morgan fingerprint density at radius 1 is 1.10 bits per heavy atom. The van der Waals surface area contributed by atoms with Crippen molar-refractivity contribution in [3.8, 4) is 0 Å². The largest absolute Gasteiger partial charge is 0.542 e. The first-order valence-electron chi connectivity index (χ1n) is 7.70. The molecule has 0 aromatic heterocycles. The third kappa shape index (κ3) is 1.68. The van der Waals surface area contributed by atoms with Crippen molar-refractivity contribution in [2.45, 2.75) is 38.2 Å². The fraction of sp³-hybridized carbons (Fsp3) is 0.933. The number of halogens is 2. The van der Waals surface area contributed by atoms with Crippen LogP contribution in [0.1, 0.15) is 32.1 Å². The minimum absolute atomic E-state index is 0.117. The molecule has 112 valence electrons. The normalized spacial score (nSPS) is 48.8. The molecule has 5 heteroatoms. The molecule has 4 fully saturated rings. The van der Waals surface area contributed by atoms with Crippen LogP contribution in [0.3, 0.4) is 0 Å². The van der Waals surface area contributed by atoms with Gasteiger partial charge in [0.1, 0.15) is 5.97 Å². The topological polar surface area (TPSA) is 49.4 Å². The highest BCUT2D eigenvalue weighted by Crippen LogP contribution is 2.68. The Morgan fingerprint density at radius 2 is 1.80 bits per heavy atom. The van der Waals surface area contributed by atoms with Gasteiger partial charge in [0, 0.05) is 0 Å². The predicted octanol–water partition coefficient (Wildman–Crippen LogP) is 1.66. The molecule has 20 heavy (non-hydrogen) atoms. The lowest BCUT2D eigenvalue weighted by Crippen LogP contribution is -2.45. The smallest absolute Gasteiger partial charge is 0.397 e. The Bertz CT molecular complexity index is 439. The maximum absolute atomic E-state index is 13.0. The van der Waals surface area contributed by atoms with E-state index in [0.717, 1.165) is 30.6 Å². The van der Waals surface area contributed by atoms with Crippen molar-refractivity contribution in [3.05, 3.63) is 0 Å². The van der Waals surface area contributed by atoms with Gasteiger partial charge in [0.25, 0.3) is 0 Å². The van der Waals surface area contributed by atoms with E-state index in [9.17, 15) is 18.7 Å². The summed E-state index contributed by atoms with van der Waals surface area (Å²) >= 11 is 0. The number of alkyl halides is 2. The van der Waals surface area contributed by atoms with Crippen LogP contribution in [0.2, 0.25) is 0 Å². The number of ether oxygens (including phenoxy) is 1. The molecule has 0 radical (unpaired) electrons. The summed E-state index contributed by atoms with van der Waals surface area (Å²) in [6.45, 7) is -0.136. The molecule has 4 aliphatic carbocycles. The molecule has 0 aromatic carbocycles. The summed E-state index contributed by atoms with van der Waals surface area (Å²) in [5.74, 6) is 2.05. The van der Waals surface area contributed by atoms with Crippen LogP contribution in [0.15, 0.2) is 0 Å². The summed E-state index contributed by atoms with van der Waals surface area (Å²) in [6.07, 6.45) is 1.95. The zero-order chi connectivity index (χ0) is 14.1. The molecular weight excluding hydrogens is 266 g/mol. The minimum Gasteiger partial charge on any atom is -0.542 e. The third-order valence-electron chi connectivity index (χ3n) is 6.59. The van der Waals surface area contributed by atoms with Crippen molar-refractivity contribution < 1.29 is 23.4 Å². The second-order valence-corrected chi connectivity index (χ2v) is 7.26. The van der Waals surface area contributed by atoms with Crippen LogP contribution in [0.5, 0.6) is 0 Å². The van der Waals surface area contributed by atoms with Crippen LogP contribution in [0, 0.1) is 41.4 Å². The molecule has 0 saturated heterocycles. The lowest BCUT2D eigenvalue weighted by atomic mass is 9.68. The Balaban J connectivity index is 1.42. The number of hydrogen-bond donors (Lipinski definition) is 0. The molecule has 7 unspecified atom stereocenters. The van der Waals surface area contributed by atoms with Gasteiger partial charge in [-0.1, -0.05) is 0 Å². The van der Waals surface area contributed by atoms with Gasteiger partial charge in [-0.2, -0.15) is 8.78 Å². The third-order valence-corrected chi connectivity index (χ3v) is 6.59. The zero-order valence-corrected chi connectivity index (χ0v) is 11.3. The number of fused-ring (bicyclic) bond motifs is 9. The van der Waals surface area contributed by atoms with Crippen molar-refractivity contribution in [3.63, 3.8) is 0 Å². The van der Waals surface area contributed by atoms with Crippen LogP contribution in [-0.4, -0.2) is 18.7 Å². The fourth-order valence-electron chi connectivity index (χ4n) is 6.16. The fourth-order valence-corrected chi connectivity index (χ4v) is 6.16. The van der Waals surface area contributed by atoms with Crippen LogP contribution in [0.4, 0.5) is 8.78 Å². The molecule has 0 aromatic rings. The van der Waals surface area contributed by atoms with Gasteiger partial charge < -0.3 is 14.6 Å². The molecule has 0 heterocycles. The first-order valence-corrected chi connectivity index (χ1v) is 7.70. The van der Waals surface area contributed by atoms with Gasteiger partial charge in [0.05, 0.1) is 6.61 Å². The molecule has 0 aliphatic heterocycles. The highest BCUT2D eigenvalue weighted by molar-refractivity contribution is 5.71. The molecule has 0 N–H and O–H groups in total. The second kappa shape index (κ2) is 4.15. The van der Waals surface area contributed by atoms with Gasteiger partial charge in [-0.15, -0.1) is 0 Å². The summed E-state index contributed by atoms with van der Waals surface area (Å²) in [5, 5.41) is 10.3. The van der Waals surface area contributed by atoms with Crippen LogP contribution in [0.25, 0.3) is 0 Å². The average Bonchev–Trinajstić information content (AvgIpc) is 3.13. The Labute approximate surface area is 116 Å². The zero-order valence-electron chi connectivity index (χ0n) is 11.3. The van der Waals surface area contributed by atoms with E-state index in [2.05, 4.69) is 4.74 Å². The summed E-state index contributed by atoms with van der Waals surface area (Å²) < 4.78 is 30.3. The van der Waals surface area contributed by atoms with Crippen LogP contribution < -0.4 is 5.11 Å². The molecule has 0 amide bonds. The maximum Gasteiger partial charge on any atom is 0.397 e. The molecule has 7 atom stereocenters. The number of rotatable bonds is 4. The summed E-state index contributed by atoms with van der Waals surface area (Å²) in [4.78, 5) is 10.3. The van der Waals surface area contributed by atoms with E-state index < -0.39 is 12.1 Å². The summed E-state index contributed by atoms with van der Waals surface area (Å²) in [6, 6.07) is 0. The van der Waals surface area contributed by atoms with E-state index in [1.165, 1.54) is 19.3 Å². The number of carbonyl (C=O) groups is 1. The first-order chi connectivity index (χ1) is 9.47. The highest BCUT2D eigenvalue weighted by Gasteiger charge is 2.62. The lowest BCUT2D eigenvalue weighted by molar-refractivity contribution is -0.364. The van der Waals surface area contributed by atoms with Gasteiger partial charge in [-0.05, 0) is 73.5 Å². The van der Waals surface area contributed by atoms with Crippen molar-refractivity contribution in [1.82, 2.24) is 0 Å². The van der Waals surface area contributed by atoms with E-state index in [4.69, 9.17) is 0 Å². The van der Waals surface area contributed by atoms with E-state index >= 15 is 0 Å². The summed E-state index contributed by atoms with van der Waals surface area (Å²) in [5.41, 5.74) is 0. The molecule has 4 saturated carbocycles. The second-order valence-electron chi connectivity index (χ2n) is 7.26. The first kappa shape index (κ1) is 13.0. The number of carboxylic acid groups (broad SMARTS) is 1. The molecule has 4 aliphatic rings.